The Bertz CT molecular complexity index is 8570. The van der Waals surface area contributed by atoms with Gasteiger partial charge in [0, 0.05) is 127 Å². The van der Waals surface area contributed by atoms with E-state index in [-0.39, 0.29) is 101 Å². The quantitative estimate of drug-likeness (QED) is 0.0113. The van der Waals surface area contributed by atoms with Gasteiger partial charge in [-0.05, 0) is 179 Å². The Morgan fingerprint density at radius 1 is 0.233 bits per heavy atom. The van der Waals surface area contributed by atoms with Gasteiger partial charge in [0.05, 0.1) is 53.2 Å². The summed E-state index contributed by atoms with van der Waals surface area (Å²) in [5.41, 5.74) is 32.2. The van der Waals surface area contributed by atoms with Crippen molar-refractivity contribution >= 4 is 144 Å². The predicted octanol–water partition coefficient (Wildman–Crippen LogP) is 18.8. The average Bonchev–Trinajstić information content (AvgIpc) is 0.794. The van der Waals surface area contributed by atoms with Gasteiger partial charge in [0.25, 0.3) is 35.4 Å². The summed E-state index contributed by atoms with van der Waals surface area (Å²) in [7, 11) is -13.9. The molecule has 16 aromatic rings. The van der Waals surface area contributed by atoms with E-state index < -0.39 is 86.3 Å². The third kappa shape index (κ3) is 28.0. The number of carbonyl (C=O) groups is 8. The van der Waals surface area contributed by atoms with Crippen molar-refractivity contribution in [3.05, 3.63) is 466 Å². The van der Waals surface area contributed by atoms with Gasteiger partial charge < -0.3 is 54.8 Å². The van der Waals surface area contributed by atoms with Gasteiger partial charge in [0.1, 0.15) is 35.0 Å². The fourth-order valence-electron chi connectivity index (χ4n) is 15.6. The number of hydrogen-bond acceptors (Lipinski definition) is 20. The van der Waals surface area contributed by atoms with Crippen LogP contribution >= 0.6 is 0 Å². The minimum atomic E-state index is -3.55. The number of benzene rings is 16. The van der Waals surface area contributed by atoms with Gasteiger partial charge >= 0.3 is 0 Å². The number of anilines is 6. The van der Waals surface area contributed by atoms with Crippen LogP contribution in [0.2, 0.25) is 0 Å². The van der Waals surface area contributed by atoms with Crippen molar-refractivity contribution in [2.75, 3.05) is 56.9 Å². The molecule has 0 aliphatic heterocycles. The molecule has 0 heterocycles. The van der Waals surface area contributed by atoms with Gasteiger partial charge in [0.2, 0.25) is 0 Å². The van der Waals surface area contributed by atoms with Crippen LogP contribution < -0.4 is 54.8 Å². The molecule has 16 aromatic carbocycles. The molecule has 16 rings (SSSR count). The fourth-order valence-corrected chi connectivity index (χ4v) is 19.3. The van der Waals surface area contributed by atoms with Crippen molar-refractivity contribution in [2.24, 2.45) is 22.9 Å². The third-order valence-corrected chi connectivity index (χ3v) is 27.6. The van der Waals surface area contributed by atoms with Crippen molar-refractivity contribution in [3.63, 3.8) is 0 Å². The summed E-state index contributed by atoms with van der Waals surface area (Å²) in [5.74, 6) is -5.86. The topological polar surface area (TPSA) is 545 Å². The molecule has 150 heavy (non-hydrogen) atoms. The second-order valence-electron chi connectivity index (χ2n) is 33.9. The lowest BCUT2D eigenvalue weighted by atomic mass is 9.96. The summed E-state index contributed by atoms with van der Waals surface area (Å²) in [6.45, 7) is 0. The lowest BCUT2D eigenvalue weighted by Crippen LogP contribution is -2.21. The van der Waals surface area contributed by atoms with Crippen LogP contribution in [0.3, 0.4) is 0 Å². The monoisotopic (exact) mass is 2080 g/mol. The van der Waals surface area contributed by atoms with E-state index >= 15 is 8.78 Å². The lowest BCUT2D eigenvalue weighted by Gasteiger charge is -2.13. The van der Waals surface area contributed by atoms with E-state index in [0.29, 0.717) is 123 Å². The highest BCUT2D eigenvalue weighted by atomic mass is 32.2. The Morgan fingerprint density at radius 3 is 0.973 bits per heavy atom. The standard InChI is InChI=1S/C29H24FN3O4S.C29H25N3O4S.C28H23FN4O4S.C28H24N4O4S/c1-38(36,37)27-12-5-4-10-22(27)19-13-14-24(25(30)16-19)26(34)17-18-7-2-3-11-23(18)29(35)33-21-9-6-8-20(15-21)28(31)32;1-37(35,36)27-12-5-3-10-24(27)19-13-15-20(16-14-19)26(33)18-21-7-2-4-11-25(21)32-29(34)23-9-6-8-22(17-23)28(30)31;1-38(36,37)25-12-5-4-9-20(25)17-13-14-24(23(29)16-17)33-28(35)22-11-3-2-10-21(22)27(34)32-19-8-6-7-18(15-19)26(30)31;1-37(35,36)25-12-5-3-9-22(25)18-13-15-21(16-14-18)31-28(34)23-10-2-4-11-24(23)32-27(33)20-8-6-7-19(17-20)26(29)30/h2-16H,17H2,1H3,(H3,31,32)(H,33,35);2-17H,18H2,1H3,(H3,30,31)(H,32,34);2-16H,1H3,(H3,30,31)(H,32,34)(H,33,35);2-17H,1H3,(H3,29,30)(H,31,34)(H,32,33). The number of rotatable bonds is 30. The van der Waals surface area contributed by atoms with Crippen molar-refractivity contribution in [2.45, 2.75) is 32.4 Å². The molecule has 0 atom stereocenters. The summed E-state index contributed by atoms with van der Waals surface area (Å²) in [6, 6.07) is 99.5. The van der Waals surface area contributed by atoms with Crippen molar-refractivity contribution in [1.82, 2.24) is 0 Å². The van der Waals surface area contributed by atoms with E-state index in [1.165, 1.54) is 73.0 Å². The summed E-state index contributed by atoms with van der Waals surface area (Å²) in [5, 5.41) is 46.5. The molecule has 0 aromatic heterocycles. The summed E-state index contributed by atoms with van der Waals surface area (Å²) in [4.78, 5) is 104. The van der Waals surface area contributed by atoms with E-state index in [0.717, 1.165) is 30.9 Å². The smallest absolute Gasteiger partial charge is 0.257 e. The maximum absolute atomic E-state index is 15.1. The highest BCUT2D eigenvalue weighted by molar-refractivity contribution is 7.91. The first-order valence-electron chi connectivity index (χ1n) is 45.4. The summed E-state index contributed by atoms with van der Waals surface area (Å²) in [6.07, 6.45) is 4.31. The number of para-hydroxylation sites is 2. The fraction of sp³-hybridized carbons (Fsp3) is 0.0526. The maximum atomic E-state index is 15.1. The molecule has 0 fully saturated rings. The van der Waals surface area contributed by atoms with Crippen LogP contribution in [-0.4, -0.2) is 129 Å². The van der Waals surface area contributed by atoms with E-state index in [2.05, 4.69) is 31.9 Å². The molecule has 0 aliphatic carbocycles. The van der Waals surface area contributed by atoms with Crippen molar-refractivity contribution < 1.29 is 80.8 Å². The van der Waals surface area contributed by atoms with Crippen LogP contribution in [0.5, 0.6) is 0 Å². The van der Waals surface area contributed by atoms with Crippen LogP contribution in [0.1, 0.15) is 116 Å². The zero-order chi connectivity index (χ0) is 108. The third-order valence-electron chi connectivity index (χ3n) is 23.0. The van der Waals surface area contributed by atoms with Gasteiger partial charge in [-0.25, -0.2) is 42.5 Å². The molecule has 0 bridgehead atoms. The van der Waals surface area contributed by atoms with Crippen molar-refractivity contribution in [1.29, 1.82) is 21.6 Å². The first-order chi connectivity index (χ1) is 71.3. The molecule has 0 radical (unpaired) electrons. The van der Waals surface area contributed by atoms with Crippen LogP contribution in [0.4, 0.5) is 42.9 Å². The number of amides is 6. The summed E-state index contributed by atoms with van der Waals surface area (Å²) < 4.78 is 127. The first-order valence-corrected chi connectivity index (χ1v) is 53.0. The number of carbonyl (C=O) groups excluding carboxylic acids is 8. The second kappa shape index (κ2) is 47.8. The molecular formula is C114H96F2N14O16S4. The highest BCUT2D eigenvalue weighted by Gasteiger charge is 2.27. The number of Topliss-reactive ketones (excluding diaryl/α,β-unsaturated/α-hetero) is 2. The van der Waals surface area contributed by atoms with E-state index in [9.17, 15) is 72.0 Å². The molecule has 756 valence electrons. The van der Waals surface area contributed by atoms with E-state index in [1.54, 1.807) is 297 Å². The van der Waals surface area contributed by atoms with E-state index in [4.69, 9.17) is 44.6 Å². The minimum Gasteiger partial charge on any atom is -0.384 e. The van der Waals surface area contributed by atoms with E-state index in [1.807, 2.05) is 0 Å². The van der Waals surface area contributed by atoms with Gasteiger partial charge in [-0.15, -0.1) is 0 Å². The van der Waals surface area contributed by atoms with Gasteiger partial charge in [-0.1, -0.05) is 231 Å². The Hall–Kier alpha value is -18.8. The Morgan fingerprint density at radius 2 is 0.540 bits per heavy atom. The van der Waals surface area contributed by atoms with Crippen LogP contribution in [0.25, 0.3) is 44.5 Å². The Balaban J connectivity index is 0.000000167. The number of ketones is 2. The number of nitrogens with two attached hydrogens (primary N) is 4. The van der Waals surface area contributed by atoms with Crippen LogP contribution in [0, 0.1) is 33.3 Å². The number of nitrogens with one attached hydrogen (secondary N) is 10. The van der Waals surface area contributed by atoms with Gasteiger partial charge in [0.15, 0.2) is 50.9 Å². The zero-order valence-corrected chi connectivity index (χ0v) is 83.7. The molecule has 0 saturated carbocycles. The molecule has 0 aliphatic rings. The molecule has 6 amide bonds. The molecule has 0 spiro atoms. The second-order valence-corrected chi connectivity index (χ2v) is 41.9. The van der Waals surface area contributed by atoms with Crippen molar-refractivity contribution in [3.8, 4) is 44.5 Å². The number of sulfone groups is 4. The number of nitrogen functional groups attached to an aromatic ring is 4. The average molecular weight is 2080 g/mol. The maximum Gasteiger partial charge on any atom is 0.257 e. The normalized spacial score (nSPS) is 11.0. The predicted molar refractivity (Wildman–Crippen MR) is 579 cm³/mol. The molecule has 18 N–H and O–H groups in total. The lowest BCUT2D eigenvalue weighted by molar-refractivity contribution is 0.0980. The molecule has 0 unspecified atom stereocenters. The summed E-state index contributed by atoms with van der Waals surface area (Å²) >= 11 is 0. The Labute approximate surface area is 862 Å². The number of hydrogen-bond donors (Lipinski definition) is 14. The largest absolute Gasteiger partial charge is 0.384 e. The van der Waals surface area contributed by atoms with Crippen LogP contribution in [0.15, 0.2) is 396 Å². The molecule has 30 nitrogen and oxygen atoms in total. The highest BCUT2D eigenvalue weighted by Crippen LogP contribution is 2.36. The molecular weight excluding hydrogens is 1990 g/mol. The Kier molecular flexibility index (Phi) is 34.6. The zero-order valence-electron chi connectivity index (χ0n) is 80.4. The number of amidine groups is 4. The van der Waals surface area contributed by atoms with Gasteiger partial charge in [-0.2, -0.15) is 0 Å². The minimum absolute atomic E-state index is 0.0126. The number of halogens is 2. The van der Waals surface area contributed by atoms with Gasteiger partial charge in [-0.3, -0.25) is 60.0 Å². The van der Waals surface area contributed by atoms with Crippen LogP contribution in [-0.2, 0) is 52.2 Å². The first kappa shape index (κ1) is 108. The SMILES string of the molecule is CS(=O)(=O)c1ccccc1-c1ccc(C(=O)Cc2ccccc2C(=O)Nc2cccc(C(=N)N)c2)c(F)c1.CS(=O)(=O)c1ccccc1-c1ccc(C(=O)Cc2ccccc2NC(=O)c2cccc(C(=N)N)c2)cc1.CS(=O)(=O)c1ccccc1-c1ccc(NC(=O)c2ccccc2C(=O)Nc2cccc(C(=N)N)c2)c(F)c1.CS(=O)(=O)c1ccccc1-c1ccc(NC(=O)c2ccccc2NC(=O)c2cccc(C(=N)N)c2)cc1. The molecule has 36 heteroatoms. The molecule has 0 saturated heterocycles.